The van der Waals surface area contributed by atoms with Crippen LogP contribution in [0.25, 0.3) is 11.7 Å². The molecule has 0 N–H and O–H groups in total. The van der Waals surface area contributed by atoms with Crippen LogP contribution in [0.15, 0.2) is 28.0 Å². The zero-order chi connectivity index (χ0) is 20.5. The fraction of sp³-hybridized carbons (Fsp3) is 0.429. The number of pyridine rings is 1. The van der Waals surface area contributed by atoms with Crippen LogP contribution in [0.1, 0.15) is 43.7 Å². The third kappa shape index (κ3) is 3.83. The first kappa shape index (κ1) is 20.1. The van der Waals surface area contributed by atoms with Gasteiger partial charge in [-0.3, -0.25) is 18.9 Å². The minimum atomic E-state index is -0.153. The van der Waals surface area contributed by atoms with Gasteiger partial charge in [0.15, 0.2) is 0 Å². The molecule has 6 nitrogen and oxygen atoms in total. The standard InChI is InChI=1S/C21H24N4O2S2/c1-3-9-24-20(27)16(29-21(24)28)12-15-18(23-10-5-4-6-11-23)22-17-8-7-14(2)13-25(17)19(15)26/h7-8,12-13H,3-6,9-11H2,1-2H3/b16-12-. The lowest BCUT2D eigenvalue weighted by molar-refractivity contribution is -0.122. The maximum atomic E-state index is 13.4. The Labute approximate surface area is 179 Å². The highest BCUT2D eigenvalue weighted by Gasteiger charge is 2.32. The monoisotopic (exact) mass is 428 g/mol. The molecule has 0 bridgehead atoms. The molecule has 0 aliphatic carbocycles. The highest BCUT2D eigenvalue weighted by Crippen LogP contribution is 2.33. The van der Waals surface area contributed by atoms with Crippen LogP contribution >= 0.6 is 24.0 Å². The third-order valence-corrected chi connectivity index (χ3v) is 6.62. The Hall–Kier alpha value is -2.19. The van der Waals surface area contributed by atoms with Crippen molar-refractivity contribution in [3.8, 4) is 0 Å². The molecule has 29 heavy (non-hydrogen) atoms. The fourth-order valence-corrected chi connectivity index (χ4v) is 5.06. The predicted molar refractivity (Wildman–Crippen MR) is 122 cm³/mol. The van der Waals surface area contributed by atoms with Crippen LogP contribution in [0.3, 0.4) is 0 Å². The molecular formula is C21H24N4O2S2. The minimum absolute atomic E-state index is 0.125. The second kappa shape index (κ2) is 8.28. The summed E-state index contributed by atoms with van der Waals surface area (Å²) >= 11 is 6.64. The molecule has 2 saturated heterocycles. The lowest BCUT2D eigenvalue weighted by Gasteiger charge is -2.29. The van der Waals surface area contributed by atoms with Crippen LogP contribution in [0.2, 0.25) is 0 Å². The number of carbonyl (C=O) groups is 1. The normalized spacial score (nSPS) is 19.0. The summed E-state index contributed by atoms with van der Waals surface area (Å²) in [7, 11) is 0. The van der Waals surface area contributed by atoms with Crippen molar-refractivity contribution in [1.82, 2.24) is 14.3 Å². The van der Waals surface area contributed by atoms with Crippen molar-refractivity contribution in [1.29, 1.82) is 0 Å². The molecule has 0 unspecified atom stereocenters. The maximum Gasteiger partial charge on any atom is 0.267 e. The SMILES string of the molecule is CCCN1C(=O)/C(=C/c2c(N3CCCCC3)nc3ccc(C)cn3c2=O)SC1=S. The maximum absolute atomic E-state index is 13.4. The van der Waals surface area contributed by atoms with E-state index >= 15 is 0 Å². The van der Waals surface area contributed by atoms with Gasteiger partial charge >= 0.3 is 0 Å². The van der Waals surface area contributed by atoms with Gasteiger partial charge in [-0.15, -0.1) is 0 Å². The molecule has 0 radical (unpaired) electrons. The van der Waals surface area contributed by atoms with Crippen molar-refractivity contribution >= 4 is 51.7 Å². The molecule has 2 aromatic heterocycles. The van der Waals surface area contributed by atoms with Crippen molar-refractivity contribution in [3.63, 3.8) is 0 Å². The first-order chi connectivity index (χ1) is 14.0. The first-order valence-electron chi connectivity index (χ1n) is 10.0. The van der Waals surface area contributed by atoms with Crippen LogP contribution in [-0.2, 0) is 4.79 Å². The van der Waals surface area contributed by atoms with E-state index in [0.717, 1.165) is 37.9 Å². The number of amides is 1. The van der Waals surface area contributed by atoms with Gasteiger partial charge in [-0.1, -0.05) is 37.0 Å². The smallest absolute Gasteiger partial charge is 0.267 e. The van der Waals surface area contributed by atoms with E-state index < -0.39 is 0 Å². The Morgan fingerprint density at radius 1 is 1.21 bits per heavy atom. The number of thiocarbonyl (C=S) groups is 1. The molecule has 152 valence electrons. The van der Waals surface area contributed by atoms with Gasteiger partial charge in [0, 0.05) is 25.8 Å². The summed E-state index contributed by atoms with van der Waals surface area (Å²) in [6, 6.07) is 3.83. The van der Waals surface area contributed by atoms with Gasteiger partial charge in [0.25, 0.3) is 11.5 Å². The summed E-state index contributed by atoms with van der Waals surface area (Å²) in [5.74, 6) is 0.541. The number of anilines is 1. The highest BCUT2D eigenvalue weighted by molar-refractivity contribution is 8.26. The molecule has 4 rings (SSSR count). The number of thioether (sulfide) groups is 1. The molecule has 2 fully saturated rings. The summed E-state index contributed by atoms with van der Waals surface area (Å²) in [5.41, 5.74) is 1.91. The second-order valence-electron chi connectivity index (χ2n) is 7.47. The zero-order valence-corrected chi connectivity index (χ0v) is 18.3. The number of rotatable bonds is 4. The average Bonchev–Trinajstić information content (AvgIpc) is 2.99. The molecule has 2 aromatic rings. The van der Waals surface area contributed by atoms with E-state index in [2.05, 4.69) is 4.90 Å². The number of piperidine rings is 1. The number of aryl methyl sites for hydroxylation is 1. The van der Waals surface area contributed by atoms with Crippen LogP contribution in [0.4, 0.5) is 5.82 Å². The van der Waals surface area contributed by atoms with E-state index in [0.29, 0.717) is 32.8 Å². The van der Waals surface area contributed by atoms with Gasteiger partial charge in [0.05, 0.1) is 10.5 Å². The largest absolute Gasteiger partial charge is 0.356 e. The van der Waals surface area contributed by atoms with Crippen molar-refractivity contribution in [2.75, 3.05) is 24.5 Å². The quantitative estimate of drug-likeness (QED) is 0.548. The van der Waals surface area contributed by atoms with Gasteiger partial charge in [-0.2, -0.15) is 0 Å². The van der Waals surface area contributed by atoms with Crippen molar-refractivity contribution < 1.29 is 4.79 Å². The Kier molecular flexibility index (Phi) is 5.74. The molecule has 1 amide bonds. The summed E-state index contributed by atoms with van der Waals surface area (Å²) in [4.78, 5) is 35.3. The van der Waals surface area contributed by atoms with E-state index in [1.54, 1.807) is 21.6 Å². The lowest BCUT2D eigenvalue weighted by Crippen LogP contribution is -2.33. The molecular weight excluding hydrogens is 404 g/mol. The van der Waals surface area contributed by atoms with Crippen molar-refractivity contribution in [3.05, 3.63) is 44.7 Å². The number of nitrogens with zero attached hydrogens (tertiary/aromatic N) is 4. The predicted octanol–water partition coefficient (Wildman–Crippen LogP) is 3.60. The molecule has 2 aliphatic rings. The number of carbonyl (C=O) groups excluding carboxylic acids is 1. The Morgan fingerprint density at radius 2 is 1.97 bits per heavy atom. The molecule has 8 heteroatoms. The van der Waals surface area contributed by atoms with Crippen LogP contribution < -0.4 is 10.5 Å². The van der Waals surface area contributed by atoms with Crippen LogP contribution in [0, 0.1) is 6.92 Å². The van der Waals surface area contributed by atoms with E-state index in [9.17, 15) is 9.59 Å². The molecule has 2 aliphatic heterocycles. The van der Waals surface area contributed by atoms with Crippen molar-refractivity contribution in [2.24, 2.45) is 0 Å². The number of aromatic nitrogens is 2. The van der Waals surface area contributed by atoms with Crippen molar-refractivity contribution in [2.45, 2.75) is 39.5 Å². The van der Waals surface area contributed by atoms with Crippen LogP contribution in [0.5, 0.6) is 0 Å². The average molecular weight is 429 g/mol. The third-order valence-electron chi connectivity index (χ3n) is 5.24. The molecule has 0 saturated carbocycles. The second-order valence-corrected chi connectivity index (χ2v) is 9.15. The Bertz CT molecular complexity index is 1070. The Morgan fingerprint density at radius 3 is 2.69 bits per heavy atom. The molecule has 4 heterocycles. The van der Waals surface area contributed by atoms with Crippen LogP contribution in [-0.4, -0.2) is 44.1 Å². The van der Waals surface area contributed by atoms with E-state index in [1.165, 1.54) is 18.2 Å². The topological polar surface area (TPSA) is 57.9 Å². The highest BCUT2D eigenvalue weighted by atomic mass is 32.2. The minimum Gasteiger partial charge on any atom is -0.356 e. The van der Waals surface area contributed by atoms with Gasteiger partial charge in [-0.05, 0) is 50.3 Å². The summed E-state index contributed by atoms with van der Waals surface area (Å²) in [6.07, 6.45) is 7.67. The van der Waals surface area contributed by atoms with E-state index in [1.807, 2.05) is 26.0 Å². The summed E-state index contributed by atoms with van der Waals surface area (Å²) < 4.78 is 2.12. The van der Waals surface area contributed by atoms with Gasteiger partial charge in [0.1, 0.15) is 15.8 Å². The Balaban J connectivity index is 1.87. The molecule has 0 spiro atoms. The zero-order valence-electron chi connectivity index (χ0n) is 16.7. The molecule has 0 aromatic carbocycles. The van der Waals surface area contributed by atoms with Gasteiger partial charge in [-0.25, -0.2) is 4.98 Å². The lowest BCUT2D eigenvalue weighted by atomic mass is 10.1. The fourth-order valence-electron chi connectivity index (χ4n) is 3.77. The summed E-state index contributed by atoms with van der Waals surface area (Å²) in [5, 5.41) is 0. The van der Waals surface area contributed by atoms with E-state index in [-0.39, 0.29) is 11.5 Å². The first-order valence-corrected chi connectivity index (χ1v) is 11.3. The number of hydrogen-bond donors (Lipinski definition) is 0. The van der Waals surface area contributed by atoms with Gasteiger partial charge in [0.2, 0.25) is 0 Å². The summed E-state index contributed by atoms with van der Waals surface area (Å²) in [6.45, 7) is 6.28. The van der Waals surface area contributed by atoms with Gasteiger partial charge < -0.3 is 4.90 Å². The number of fused-ring (bicyclic) bond motifs is 1. The molecule has 0 atom stereocenters. The number of hydrogen-bond acceptors (Lipinski definition) is 6. The van der Waals surface area contributed by atoms with E-state index in [4.69, 9.17) is 17.2 Å².